The summed E-state index contributed by atoms with van der Waals surface area (Å²) in [6.07, 6.45) is 7.39. The highest BCUT2D eigenvalue weighted by Crippen LogP contribution is 2.26. The molecule has 4 rings (SSSR count). The zero-order valence-corrected chi connectivity index (χ0v) is 13.4. The van der Waals surface area contributed by atoms with E-state index >= 15 is 0 Å². The smallest absolute Gasteiger partial charge is 0.222 e. The van der Waals surface area contributed by atoms with Crippen LogP contribution in [-0.4, -0.2) is 63.5 Å². The van der Waals surface area contributed by atoms with Gasteiger partial charge in [0.15, 0.2) is 5.82 Å². The number of H-pyrrole nitrogens is 1. The van der Waals surface area contributed by atoms with E-state index < -0.39 is 0 Å². The average molecular weight is 314 g/mol. The Bertz CT molecular complexity index is 713. The summed E-state index contributed by atoms with van der Waals surface area (Å²) in [7, 11) is 2.04. The molecule has 1 unspecified atom stereocenters. The van der Waals surface area contributed by atoms with Crippen LogP contribution in [0.5, 0.6) is 0 Å². The Kier molecular flexibility index (Phi) is 3.65. The van der Waals surface area contributed by atoms with Crippen LogP contribution >= 0.6 is 0 Å². The first-order valence-electron chi connectivity index (χ1n) is 8.30. The molecule has 4 heterocycles. The Balaban J connectivity index is 1.55. The average Bonchev–Trinajstić information content (AvgIpc) is 3.22. The Hall–Kier alpha value is -2.15. The SMILES string of the molecule is CN(c1ncnc2[nH]ccc12)N1CCCC(N2CCCC2=O)C1. The third-order valence-corrected chi connectivity index (χ3v) is 4.99. The van der Waals surface area contributed by atoms with Crippen molar-refractivity contribution in [1.29, 1.82) is 0 Å². The highest BCUT2D eigenvalue weighted by atomic mass is 16.2. The van der Waals surface area contributed by atoms with Crippen LogP contribution in [0.25, 0.3) is 11.0 Å². The number of hydrogen-bond acceptors (Lipinski definition) is 5. The van der Waals surface area contributed by atoms with Gasteiger partial charge in [0.1, 0.15) is 12.0 Å². The minimum absolute atomic E-state index is 0.314. The van der Waals surface area contributed by atoms with Crippen LogP contribution in [0, 0.1) is 0 Å². The van der Waals surface area contributed by atoms with Gasteiger partial charge < -0.3 is 9.88 Å². The van der Waals surface area contributed by atoms with E-state index in [4.69, 9.17) is 0 Å². The van der Waals surface area contributed by atoms with Crippen molar-refractivity contribution in [2.45, 2.75) is 31.7 Å². The molecule has 0 aliphatic carbocycles. The molecule has 0 aromatic carbocycles. The predicted octanol–water partition coefficient (Wildman–Crippen LogP) is 1.40. The lowest BCUT2D eigenvalue weighted by Crippen LogP contribution is -2.53. The molecule has 2 aliphatic rings. The van der Waals surface area contributed by atoms with E-state index in [0.717, 1.165) is 55.7 Å². The van der Waals surface area contributed by atoms with Gasteiger partial charge in [-0.25, -0.2) is 15.0 Å². The number of carbonyl (C=O) groups is 1. The molecule has 0 spiro atoms. The summed E-state index contributed by atoms with van der Waals surface area (Å²) in [5.74, 6) is 1.22. The van der Waals surface area contributed by atoms with Crippen molar-refractivity contribution < 1.29 is 4.79 Å². The van der Waals surface area contributed by atoms with Gasteiger partial charge in [-0.2, -0.15) is 0 Å². The first-order chi connectivity index (χ1) is 11.2. The maximum absolute atomic E-state index is 12.0. The molecule has 0 saturated carbocycles. The number of rotatable bonds is 3. The largest absolute Gasteiger partial charge is 0.346 e. The number of aromatic amines is 1. The van der Waals surface area contributed by atoms with E-state index in [2.05, 4.69) is 29.9 Å². The molecular weight excluding hydrogens is 292 g/mol. The molecule has 0 radical (unpaired) electrons. The number of nitrogens with zero attached hydrogens (tertiary/aromatic N) is 5. The molecule has 122 valence electrons. The molecule has 1 amide bonds. The minimum atomic E-state index is 0.314. The van der Waals surface area contributed by atoms with Crippen molar-refractivity contribution in [3.63, 3.8) is 0 Å². The predicted molar refractivity (Wildman–Crippen MR) is 87.8 cm³/mol. The highest BCUT2D eigenvalue weighted by molar-refractivity contribution is 5.86. The van der Waals surface area contributed by atoms with E-state index in [9.17, 15) is 4.79 Å². The first-order valence-corrected chi connectivity index (χ1v) is 8.30. The van der Waals surface area contributed by atoms with Gasteiger partial charge in [0.05, 0.1) is 5.39 Å². The van der Waals surface area contributed by atoms with Crippen LogP contribution in [0.15, 0.2) is 18.6 Å². The van der Waals surface area contributed by atoms with E-state index in [-0.39, 0.29) is 0 Å². The van der Waals surface area contributed by atoms with E-state index in [0.29, 0.717) is 18.4 Å². The molecule has 2 aromatic heterocycles. The number of nitrogens with one attached hydrogen (secondary N) is 1. The van der Waals surface area contributed by atoms with Crippen LogP contribution < -0.4 is 5.01 Å². The Morgan fingerprint density at radius 2 is 2.22 bits per heavy atom. The van der Waals surface area contributed by atoms with E-state index in [1.54, 1.807) is 6.33 Å². The van der Waals surface area contributed by atoms with Gasteiger partial charge in [0.2, 0.25) is 5.91 Å². The Morgan fingerprint density at radius 1 is 1.30 bits per heavy atom. The van der Waals surface area contributed by atoms with Crippen LogP contribution in [0.4, 0.5) is 5.82 Å². The molecule has 7 heteroatoms. The van der Waals surface area contributed by atoms with Gasteiger partial charge in [0, 0.05) is 45.3 Å². The lowest BCUT2D eigenvalue weighted by molar-refractivity contribution is -0.130. The van der Waals surface area contributed by atoms with Gasteiger partial charge in [-0.1, -0.05) is 0 Å². The molecular formula is C16H22N6O. The summed E-state index contributed by atoms with van der Waals surface area (Å²) < 4.78 is 0. The van der Waals surface area contributed by atoms with Crippen LogP contribution in [0.3, 0.4) is 0 Å². The molecule has 2 fully saturated rings. The van der Waals surface area contributed by atoms with Crippen LogP contribution in [0.2, 0.25) is 0 Å². The van der Waals surface area contributed by atoms with Gasteiger partial charge in [-0.3, -0.25) is 9.80 Å². The monoisotopic (exact) mass is 314 g/mol. The molecule has 1 N–H and O–H groups in total. The maximum atomic E-state index is 12.0. The van der Waals surface area contributed by atoms with Crippen molar-refractivity contribution >= 4 is 22.8 Å². The lowest BCUT2D eigenvalue weighted by Gasteiger charge is -2.41. The number of fused-ring (bicyclic) bond motifs is 1. The summed E-state index contributed by atoms with van der Waals surface area (Å²) in [6, 6.07) is 2.33. The van der Waals surface area contributed by atoms with E-state index in [1.165, 1.54) is 0 Å². The van der Waals surface area contributed by atoms with Crippen molar-refractivity contribution in [3.8, 4) is 0 Å². The van der Waals surface area contributed by atoms with Gasteiger partial charge in [0.25, 0.3) is 0 Å². The number of piperidine rings is 1. The highest BCUT2D eigenvalue weighted by Gasteiger charge is 2.32. The van der Waals surface area contributed by atoms with Crippen molar-refractivity contribution in [2.24, 2.45) is 0 Å². The molecule has 2 aromatic rings. The second kappa shape index (κ2) is 5.81. The van der Waals surface area contributed by atoms with E-state index in [1.807, 2.05) is 19.3 Å². The van der Waals surface area contributed by atoms with Gasteiger partial charge in [-0.05, 0) is 25.3 Å². The Labute approximate surface area is 135 Å². The number of anilines is 1. The standard InChI is InChI=1S/C16H22N6O/c1-20(16-13-6-7-17-15(13)18-11-19-16)21-8-2-4-12(10-21)22-9-3-5-14(22)23/h6-7,11-12H,2-5,8-10H2,1H3,(H,17,18,19). The number of hydrazine groups is 1. The van der Waals surface area contributed by atoms with Crippen LogP contribution in [0.1, 0.15) is 25.7 Å². The summed E-state index contributed by atoms with van der Waals surface area (Å²) in [5.41, 5.74) is 0.852. The van der Waals surface area contributed by atoms with Crippen molar-refractivity contribution in [2.75, 3.05) is 31.7 Å². The minimum Gasteiger partial charge on any atom is -0.346 e. The first kappa shape index (κ1) is 14.4. The third kappa shape index (κ3) is 2.55. The molecule has 2 aliphatic heterocycles. The summed E-state index contributed by atoms with van der Waals surface area (Å²) in [6.45, 7) is 2.78. The fourth-order valence-electron chi connectivity index (χ4n) is 3.77. The number of amides is 1. The zero-order valence-electron chi connectivity index (χ0n) is 13.4. The van der Waals surface area contributed by atoms with Crippen LogP contribution in [-0.2, 0) is 4.79 Å². The Morgan fingerprint density at radius 3 is 3.04 bits per heavy atom. The summed E-state index contributed by atoms with van der Waals surface area (Å²) in [5, 5.41) is 5.44. The molecule has 0 bridgehead atoms. The number of hydrogen-bond donors (Lipinski definition) is 1. The number of likely N-dealkylation sites (tertiary alicyclic amines) is 1. The third-order valence-electron chi connectivity index (χ3n) is 4.99. The second-order valence-corrected chi connectivity index (χ2v) is 6.36. The molecule has 2 saturated heterocycles. The number of aromatic nitrogens is 3. The normalized spacial score (nSPS) is 22.9. The maximum Gasteiger partial charge on any atom is 0.222 e. The molecule has 23 heavy (non-hydrogen) atoms. The number of carbonyl (C=O) groups excluding carboxylic acids is 1. The topological polar surface area (TPSA) is 68.4 Å². The fourth-order valence-corrected chi connectivity index (χ4v) is 3.77. The summed E-state index contributed by atoms with van der Waals surface area (Å²) in [4.78, 5) is 25.9. The quantitative estimate of drug-likeness (QED) is 0.927. The zero-order chi connectivity index (χ0) is 15.8. The van der Waals surface area contributed by atoms with Gasteiger partial charge >= 0.3 is 0 Å². The van der Waals surface area contributed by atoms with Gasteiger partial charge in [-0.15, -0.1) is 0 Å². The van der Waals surface area contributed by atoms with Crippen molar-refractivity contribution in [1.82, 2.24) is 24.9 Å². The summed E-state index contributed by atoms with van der Waals surface area (Å²) >= 11 is 0. The molecule has 1 atom stereocenters. The second-order valence-electron chi connectivity index (χ2n) is 6.36. The lowest BCUT2D eigenvalue weighted by atomic mass is 10.1. The fraction of sp³-hybridized carbons (Fsp3) is 0.562. The van der Waals surface area contributed by atoms with Crippen molar-refractivity contribution in [3.05, 3.63) is 18.6 Å². The molecule has 7 nitrogen and oxygen atoms in total.